The Morgan fingerprint density at radius 2 is 2.15 bits per heavy atom. The molecule has 0 bridgehead atoms. The highest BCUT2D eigenvalue weighted by Crippen LogP contribution is 2.19. The van der Waals surface area contributed by atoms with Gasteiger partial charge in [-0.3, -0.25) is 9.89 Å². The number of para-hydroxylation sites is 1. The van der Waals surface area contributed by atoms with E-state index in [2.05, 4.69) is 10.2 Å². The lowest BCUT2D eigenvalue weighted by atomic mass is 10.2. The van der Waals surface area contributed by atoms with Crippen LogP contribution >= 0.6 is 0 Å². The number of fused-ring (bicyclic) bond motifs is 1. The Kier molecular flexibility index (Phi) is 3.01. The van der Waals surface area contributed by atoms with Crippen LogP contribution < -0.4 is 0 Å². The van der Waals surface area contributed by atoms with E-state index in [1.807, 2.05) is 24.3 Å². The zero-order valence-corrected chi connectivity index (χ0v) is 11.9. The van der Waals surface area contributed by atoms with Gasteiger partial charge in [0, 0.05) is 18.5 Å². The summed E-state index contributed by atoms with van der Waals surface area (Å²) in [5, 5.41) is 7.13. The molecule has 0 aliphatic carbocycles. The fourth-order valence-electron chi connectivity index (χ4n) is 2.41. The molecule has 7 heteroatoms. The minimum atomic E-state index is -3.06. The molecule has 2 heterocycles. The summed E-state index contributed by atoms with van der Waals surface area (Å²) in [5.74, 6) is -0.202. The van der Waals surface area contributed by atoms with Gasteiger partial charge in [-0.15, -0.1) is 0 Å². The van der Waals surface area contributed by atoms with Crippen LogP contribution in [0, 0.1) is 0 Å². The summed E-state index contributed by atoms with van der Waals surface area (Å²) in [6.07, 6.45) is 0. The summed E-state index contributed by atoms with van der Waals surface area (Å²) in [6.45, 7) is 2.09. The zero-order chi connectivity index (χ0) is 14.3. The summed E-state index contributed by atoms with van der Waals surface area (Å²) in [5.41, 5.74) is 1.15. The lowest BCUT2D eigenvalue weighted by Gasteiger charge is -2.30. The summed E-state index contributed by atoms with van der Waals surface area (Å²) >= 11 is 0. The van der Waals surface area contributed by atoms with Crippen LogP contribution in [-0.2, 0) is 9.84 Å². The first kappa shape index (κ1) is 13.1. The van der Waals surface area contributed by atoms with Crippen LogP contribution in [0.1, 0.15) is 17.4 Å². The van der Waals surface area contributed by atoms with Gasteiger partial charge in [0.1, 0.15) is 0 Å². The van der Waals surface area contributed by atoms with Crippen LogP contribution in [0.4, 0.5) is 0 Å². The van der Waals surface area contributed by atoms with Crippen LogP contribution in [-0.4, -0.2) is 53.5 Å². The molecular formula is C13H15N3O3S. The molecule has 1 fully saturated rings. The summed E-state index contributed by atoms with van der Waals surface area (Å²) in [6, 6.07) is 7.39. The lowest BCUT2D eigenvalue weighted by molar-refractivity contribution is 0.0756. The molecule has 0 radical (unpaired) electrons. The van der Waals surface area contributed by atoms with E-state index in [1.165, 1.54) is 0 Å². The fourth-order valence-corrected chi connectivity index (χ4v) is 3.70. The van der Waals surface area contributed by atoms with Crippen LogP contribution in [0.5, 0.6) is 0 Å². The lowest BCUT2D eigenvalue weighted by Crippen LogP contribution is -2.48. The molecule has 3 rings (SSSR count). The van der Waals surface area contributed by atoms with Crippen LogP contribution in [0.25, 0.3) is 10.9 Å². The molecule has 1 aromatic heterocycles. The molecule has 106 valence electrons. The molecular weight excluding hydrogens is 278 g/mol. The SMILES string of the molecule is C[C@@H]1CN(C(=O)c2n[nH]c3ccccc23)CCS1(=O)=O. The number of H-pyrrole nitrogens is 1. The monoisotopic (exact) mass is 293 g/mol. The molecule has 1 N–H and O–H groups in total. The van der Waals surface area contributed by atoms with Crippen molar-refractivity contribution in [3.8, 4) is 0 Å². The predicted molar refractivity (Wildman–Crippen MR) is 75.2 cm³/mol. The van der Waals surface area contributed by atoms with E-state index in [1.54, 1.807) is 11.8 Å². The number of amides is 1. The molecule has 0 unspecified atom stereocenters. The minimum absolute atomic E-state index is 0.0161. The Morgan fingerprint density at radius 1 is 1.40 bits per heavy atom. The number of sulfone groups is 1. The summed E-state index contributed by atoms with van der Waals surface area (Å²) in [7, 11) is -3.06. The van der Waals surface area contributed by atoms with Gasteiger partial charge in [-0.05, 0) is 13.0 Å². The van der Waals surface area contributed by atoms with Gasteiger partial charge in [0.05, 0.1) is 16.5 Å². The highest BCUT2D eigenvalue weighted by molar-refractivity contribution is 7.92. The molecule has 2 aromatic rings. The molecule has 20 heavy (non-hydrogen) atoms. The van der Waals surface area contributed by atoms with Crippen molar-refractivity contribution in [2.45, 2.75) is 12.2 Å². The fraction of sp³-hybridized carbons (Fsp3) is 0.385. The van der Waals surface area contributed by atoms with Gasteiger partial charge in [-0.25, -0.2) is 8.42 Å². The Hall–Kier alpha value is -1.89. The van der Waals surface area contributed by atoms with Crippen molar-refractivity contribution in [1.29, 1.82) is 0 Å². The molecule has 1 aliphatic heterocycles. The van der Waals surface area contributed by atoms with E-state index in [0.29, 0.717) is 5.69 Å². The second-order valence-electron chi connectivity index (χ2n) is 5.05. The van der Waals surface area contributed by atoms with Crippen LogP contribution in [0.3, 0.4) is 0 Å². The van der Waals surface area contributed by atoms with E-state index >= 15 is 0 Å². The van der Waals surface area contributed by atoms with Gasteiger partial charge in [-0.1, -0.05) is 18.2 Å². The van der Waals surface area contributed by atoms with Gasteiger partial charge in [0.15, 0.2) is 15.5 Å². The Balaban J connectivity index is 1.90. The van der Waals surface area contributed by atoms with Crippen LogP contribution in [0.15, 0.2) is 24.3 Å². The van der Waals surface area contributed by atoms with Crippen molar-refractivity contribution in [2.24, 2.45) is 0 Å². The van der Waals surface area contributed by atoms with Crippen molar-refractivity contribution in [3.63, 3.8) is 0 Å². The number of carbonyl (C=O) groups excluding carboxylic acids is 1. The van der Waals surface area contributed by atoms with E-state index in [9.17, 15) is 13.2 Å². The van der Waals surface area contributed by atoms with Gasteiger partial charge >= 0.3 is 0 Å². The van der Waals surface area contributed by atoms with Gasteiger partial charge < -0.3 is 4.90 Å². The normalized spacial score (nSPS) is 22.1. The predicted octanol–water partition coefficient (Wildman–Crippen LogP) is 0.822. The van der Waals surface area contributed by atoms with Crippen molar-refractivity contribution in [3.05, 3.63) is 30.0 Å². The Labute approximate surface area is 116 Å². The Morgan fingerprint density at radius 3 is 2.90 bits per heavy atom. The summed E-state index contributed by atoms with van der Waals surface area (Å²) < 4.78 is 23.4. The van der Waals surface area contributed by atoms with E-state index in [-0.39, 0.29) is 24.7 Å². The maximum atomic E-state index is 12.5. The number of aromatic nitrogens is 2. The molecule has 1 amide bonds. The van der Waals surface area contributed by atoms with Gasteiger partial charge in [-0.2, -0.15) is 5.10 Å². The second-order valence-corrected chi connectivity index (χ2v) is 7.59. The number of aromatic amines is 1. The number of hydrogen-bond acceptors (Lipinski definition) is 4. The number of rotatable bonds is 1. The van der Waals surface area contributed by atoms with Gasteiger partial charge in [0.25, 0.3) is 5.91 Å². The molecule has 1 saturated heterocycles. The largest absolute Gasteiger partial charge is 0.335 e. The first-order valence-corrected chi connectivity index (χ1v) is 8.14. The number of nitrogens with zero attached hydrogens (tertiary/aromatic N) is 2. The molecule has 1 atom stereocenters. The van der Waals surface area contributed by atoms with E-state index in [4.69, 9.17) is 0 Å². The maximum Gasteiger partial charge on any atom is 0.275 e. The number of nitrogens with one attached hydrogen (secondary N) is 1. The molecule has 0 saturated carbocycles. The second kappa shape index (κ2) is 4.59. The Bertz CT molecular complexity index is 766. The summed E-state index contributed by atoms with van der Waals surface area (Å²) in [4.78, 5) is 14.0. The third-order valence-corrected chi connectivity index (χ3v) is 5.82. The van der Waals surface area contributed by atoms with Crippen LogP contribution in [0.2, 0.25) is 0 Å². The highest BCUT2D eigenvalue weighted by atomic mass is 32.2. The molecule has 1 aliphatic rings. The number of carbonyl (C=O) groups is 1. The number of benzene rings is 1. The smallest absolute Gasteiger partial charge is 0.275 e. The molecule has 1 aromatic carbocycles. The molecule has 6 nitrogen and oxygen atoms in total. The van der Waals surface area contributed by atoms with E-state index < -0.39 is 15.1 Å². The quantitative estimate of drug-likeness (QED) is 0.844. The first-order chi connectivity index (χ1) is 9.49. The third kappa shape index (κ3) is 2.07. The molecule has 0 spiro atoms. The van der Waals surface area contributed by atoms with Crippen molar-refractivity contribution < 1.29 is 13.2 Å². The number of hydrogen-bond donors (Lipinski definition) is 1. The van der Waals surface area contributed by atoms with Gasteiger partial charge in [0.2, 0.25) is 0 Å². The van der Waals surface area contributed by atoms with Crippen molar-refractivity contribution in [2.75, 3.05) is 18.8 Å². The zero-order valence-electron chi connectivity index (χ0n) is 11.0. The highest BCUT2D eigenvalue weighted by Gasteiger charge is 2.33. The van der Waals surface area contributed by atoms with Crippen molar-refractivity contribution in [1.82, 2.24) is 15.1 Å². The average molecular weight is 293 g/mol. The minimum Gasteiger partial charge on any atom is -0.335 e. The maximum absolute atomic E-state index is 12.5. The third-order valence-electron chi connectivity index (χ3n) is 3.70. The van der Waals surface area contributed by atoms with E-state index in [0.717, 1.165) is 10.9 Å². The standard InChI is InChI=1S/C13H15N3O3S/c1-9-8-16(6-7-20(9,18)19)13(17)12-10-4-2-3-5-11(10)14-15-12/h2-5,9H,6-8H2,1H3,(H,14,15)/t9-/m1/s1. The topological polar surface area (TPSA) is 83.1 Å². The first-order valence-electron chi connectivity index (χ1n) is 6.43. The van der Waals surface area contributed by atoms with Crippen molar-refractivity contribution >= 4 is 26.6 Å². The average Bonchev–Trinajstić information content (AvgIpc) is 2.85.